The first-order chi connectivity index (χ1) is 8.29. The summed E-state index contributed by atoms with van der Waals surface area (Å²) in [6.07, 6.45) is 7.19. The van der Waals surface area contributed by atoms with Gasteiger partial charge in [-0.05, 0) is 57.8 Å². The fourth-order valence-corrected chi connectivity index (χ4v) is 3.17. The van der Waals surface area contributed by atoms with Crippen LogP contribution in [-0.2, 0) is 0 Å². The predicted octanol–water partition coefficient (Wildman–Crippen LogP) is 1.61. The molecule has 0 amide bonds. The van der Waals surface area contributed by atoms with Crippen molar-refractivity contribution in [3.63, 3.8) is 0 Å². The maximum Gasteiger partial charge on any atom is 0.0693 e. The minimum Gasteiger partial charge on any atom is -0.392 e. The van der Waals surface area contributed by atoms with Crippen LogP contribution in [0.3, 0.4) is 0 Å². The molecule has 3 nitrogen and oxygen atoms in total. The SMILES string of the molecule is CCN1CCC(CN[C@H]2CCCC[C@@H]2O)CC1. The van der Waals surface area contributed by atoms with Gasteiger partial charge in [-0.1, -0.05) is 19.8 Å². The molecule has 0 unspecified atom stereocenters. The fourth-order valence-electron chi connectivity index (χ4n) is 3.17. The second-order valence-corrected chi connectivity index (χ2v) is 5.74. The molecule has 2 fully saturated rings. The third-order valence-corrected chi connectivity index (χ3v) is 4.55. The van der Waals surface area contributed by atoms with E-state index in [0.29, 0.717) is 6.04 Å². The summed E-state index contributed by atoms with van der Waals surface area (Å²) in [5.41, 5.74) is 0. The zero-order valence-electron chi connectivity index (χ0n) is 11.2. The number of hydrogen-bond acceptors (Lipinski definition) is 3. The van der Waals surface area contributed by atoms with Gasteiger partial charge in [0.25, 0.3) is 0 Å². The van der Waals surface area contributed by atoms with Crippen molar-refractivity contribution in [2.24, 2.45) is 5.92 Å². The van der Waals surface area contributed by atoms with Crippen molar-refractivity contribution in [3.8, 4) is 0 Å². The highest BCUT2D eigenvalue weighted by Gasteiger charge is 2.24. The Kier molecular flexibility index (Phi) is 5.26. The van der Waals surface area contributed by atoms with Crippen molar-refractivity contribution in [2.75, 3.05) is 26.2 Å². The van der Waals surface area contributed by atoms with Crippen LogP contribution in [0.25, 0.3) is 0 Å². The number of piperidine rings is 1. The van der Waals surface area contributed by atoms with E-state index in [9.17, 15) is 5.11 Å². The first-order valence-electron chi connectivity index (χ1n) is 7.43. The lowest BCUT2D eigenvalue weighted by Gasteiger charge is -2.34. The molecule has 2 atom stereocenters. The van der Waals surface area contributed by atoms with E-state index in [-0.39, 0.29) is 6.10 Å². The van der Waals surface area contributed by atoms with E-state index in [4.69, 9.17) is 0 Å². The molecule has 0 aromatic heterocycles. The molecule has 100 valence electrons. The Morgan fingerprint density at radius 3 is 2.47 bits per heavy atom. The van der Waals surface area contributed by atoms with E-state index < -0.39 is 0 Å². The lowest BCUT2D eigenvalue weighted by Crippen LogP contribution is -2.45. The van der Waals surface area contributed by atoms with Gasteiger partial charge in [-0.15, -0.1) is 0 Å². The standard InChI is InChI=1S/C14H28N2O/c1-2-16-9-7-12(8-10-16)11-15-13-5-3-4-6-14(13)17/h12-15,17H,2-11H2,1H3/t13-,14-/m0/s1. The van der Waals surface area contributed by atoms with Crippen molar-refractivity contribution < 1.29 is 5.11 Å². The van der Waals surface area contributed by atoms with Crippen molar-refractivity contribution in [2.45, 2.75) is 57.6 Å². The molecular formula is C14H28N2O. The maximum atomic E-state index is 9.91. The van der Waals surface area contributed by atoms with Gasteiger partial charge in [-0.3, -0.25) is 0 Å². The number of aliphatic hydroxyl groups is 1. The topological polar surface area (TPSA) is 35.5 Å². The van der Waals surface area contributed by atoms with E-state index in [2.05, 4.69) is 17.1 Å². The van der Waals surface area contributed by atoms with Gasteiger partial charge in [-0.2, -0.15) is 0 Å². The van der Waals surface area contributed by atoms with E-state index >= 15 is 0 Å². The molecule has 2 rings (SSSR count). The summed E-state index contributed by atoms with van der Waals surface area (Å²) in [6, 6.07) is 0.368. The van der Waals surface area contributed by atoms with Gasteiger partial charge in [0, 0.05) is 6.04 Å². The average molecular weight is 240 g/mol. The van der Waals surface area contributed by atoms with E-state index in [0.717, 1.165) is 25.3 Å². The molecule has 0 bridgehead atoms. The van der Waals surface area contributed by atoms with Crippen LogP contribution in [0.1, 0.15) is 45.4 Å². The molecule has 0 aromatic carbocycles. The van der Waals surface area contributed by atoms with Crippen molar-refractivity contribution in [3.05, 3.63) is 0 Å². The van der Waals surface area contributed by atoms with Gasteiger partial charge >= 0.3 is 0 Å². The normalized spacial score (nSPS) is 32.8. The van der Waals surface area contributed by atoms with Crippen molar-refractivity contribution >= 4 is 0 Å². The van der Waals surface area contributed by atoms with Gasteiger partial charge in [0.1, 0.15) is 0 Å². The zero-order valence-corrected chi connectivity index (χ0v) is 11.2. The molecule has 1 saturated heterocycles. The van der Waals surface area contributed by atoms with E-state index in [1.807, 2.05) is 0 Å². The molecule has 1 aliphatic heterocycles. The second kappa shape index (κ2) is 6.72. The Balaban J connectivity index is 1.65. The molecule has 2 aliphatic rings. The van der Waals surface area contributed by atoms with Gasteiger partial charge in [-0.25, -0.2) is 0 Å². The van der Waals surface area contributed by atoms with Gasteiger partial charge < -0.3 is 15.3 Å². The molecular weight excluding hydrogens is 212 g/mol. The number of likely N-dealkylation sites (tertiary alicyclic amines) is 1. The van der Waals surface area contributed by atoms with Gasteiger partial charge in [0.05, 0.1) is 6.10 Å². The molecule has 1 aliphatic carbocycles. The maximum absolute atomic E-state index is 9.91. The van der Waals surface area contributed by atoms with Crippen LogP contribution in [0.15, 0.2) is 0 Å². The van der Waals surface area contributed by atoms with Crippen LogP contribution in [0, 0.1) is 5.92 Å². The van der Waals surface area contributed by atoms with Crippen molar-refractivity contribution in [1.29, 1.82) is 0 Å². The second-order valence-electron chi connectivity index (χ2n) is 5.74. The Bertz CT molecular complexity index is 214. The summed E-state index contributed by atoms with van der Waals surface area (Å²) in [7, 11) is 0. The molecule has 0 spiro atoms. The molecule has 0 radical (unpaired) electrons. The minimum atomic E-state index is -0.0977. The minimum absolute atomic E-state index is 0.0977. The number of nitrogens with one attached hydrogen (secondary N) is 1. The zero-order chi connectivity index (χ0) is 12.1. The molecule has 1 heterocycles. The molecule has 0 aromatic rings. The lowest BCUT2D eigenvalue weighted by molar-refractivity contribution is 0.0855. The lowest BCUT2D eigenvalue weighted by atomic mass is 9.91. The molecule has 3 heteroatoms. The molecule has 1 saturated carbocycles. The highest BCUT2D eigenvalue weighted by Crippen LogP contribution is 2.20. The first kappa shape index (κ1) is 13.3. The van der Waals surface area contributed by atoms with Crippen LogP contribution in [0.4, 0.5) is 0 Å². The summed E-state index contributed by atoms with van der Waals surface area (Å²) in [5, 5.41) is 13.5. The third kappa shape index (κ3) is 3.94. The van der Waals surface area contributed by atoms with Crippen molar-refractivity contribution in [1.82, 2.24) is 10.2 Å². The number of aliphatic hydroxyl groups excluding tert-OH is 1. The van der Waals surface area contributed by atoms with Gasteiger partial charge in [0.2, 0.25) is 0 Å². The van der Waals surface area contributed by atoms with Crippen LogP contribution in [0.5, 0.6) is 0 Å². The van der Waals surface area contributed by atoms with Crippen LogP contribution < -0.4 is 5.32 Å². The molecule has 2 N–H and O–H groups in total. The fraction of sp³-hybridized carbons (Fsp3) is 1.00. The smallest absolute Gasteiger partial charge is 0.0693 e. The highest BCUT2D eigenvalue weighted by molar-refractivity contribution is 4.82. The Labute approximate surface area is 106 Å². The average Bonchev–Trinajstić information content (AvgIpc) is 2.38. The Morgan fingerprint density at radius 1 is 1.12 bits per heavy atom. The number of rotatable bonds is 4. The number of hydrogen-bond donors (Lipinski definition) is 2. The first-order valence-corrected chi connectivity index (χ1v) is 7.43. The van der Waals surface area contributed by atoms with Crippen LogP contribution >= 0.6 is 0 Å². The van der Waals surface area contributed by atoms with E-state index in [1.54, 1.807) is 0 Å². The Morgan fingerprint density at radius 2 is 1.82 bits per heavy atom. The summed E-state index contributed by atoms with van der Waals surface area (Å²) >= 11 is 0. The highest BCUT2D eigenvalue weighted by atomic mass is 16.3. The van der Waals surface area contributed by atoms with E-state index in [1.165, 1.54) is 45.3 Å². The summed E-state index contributed by atoms with van der Waals surface area (Å²) in [4.78, 5) is 2.53. The summed E-state index contributed by atoms with van der Waals surface area (Å²) < 4.78 is 0. The predicted molar refractivity (Wildman–Crippen MR) is 71.1 cm³/mol. The van der Waals surface area contributed by atoms with Crippen LogP contribution in [0.2, 0.25) is 0 Å². The number of nitrogens with zero attached hydrogens (tertiary/aromatic N) is 1. The Hall–Kier alpha value is -0.120. The third-order valence-electron chi connectivity index (χ3n) is 4.55. The summed E-state index contributed by atoms with van der Waals surface area (Å²) in [5.74, 6) is 0.826. The summed E-state index contributed by atoms with van der Waals surface area (Å²) in [6.45, 7) is 7.07. The quantitative estimate of drug-likeness (QED) is 0.784. The largest absolute Gasteiger partial charge is 0.392 e. The molecule has 17 heavy (non-hydrogen) atoms. The monoisotopic (exact) mass is 240 g/mol. The van der Waals surface area contributed by atoms with Gasteiger partial charge in [0.15, 0.2) is 0 Å². The van der Waals surface area contributed by atoms with Crippen LogP contribution in [-0.4, -0.2) is 48.3 Å².